The van der Waals surface area contributed by atoms with Crippen molar-refractivity contribution in [2.75, 3.05) is 0 Å². The van der Waals surface area contributed by atoms with E-state index in [-0.39, 0.29) is 11.4 Å². The van der Waals surface area contributed by atoms with Gasteiger partial charge >= 0.3 is 0 Å². The molecular formula is C13H15FN2O3S. The van der Waals surface area contributed by atoms with Crippen LogP contribution in [0.2, 0.25) is 0 Å². The van der Waals surface area contributed by atoms with Crippen molar-refractivity contribution in [1.82, 2.24) is 9.71 Å². The summed E-state index contributed by atoms with van der Waals surface area (Å²) in [5, 5.41) is 0. The number of hydrogen-bond donors (Lipinski definition) is 1. The second kappa shape index (κ2) is 5.34. The quantitative estimate of drug-likeness (QED) is 0.939. The van der Waals surface area contributed by atoms with E-state index in [4.69, 9.17) is 4.42 Å². The van der Waals surface area contributed by atoms with Gasteiger partial charge in [-0.25, -0.2) is 22.5 Å². The molecule has 1 N–H and O–H groups in total. The molecule has 0 bridgehead atoms. The minimum Gasteiger partial charge on any atom is -0.444 e. The van der Waals surface area contributed by atoms with Gasteiger partial charge in [0.15, 0.2) is 5.89 Å². The molecule has 108 valence electrons. The normalized spacial score (nSPS) is 11.8. The average molecular weight is 298 g/mol. The molecule has 0 spiro atoms. The molecule has 0 saturated heterocycles. The molecule has 0 amide bonds. The van der Waals surface area contributed by atoms with E-state index in [9.17, 15) is 12.8 Å². The number of nitrogens with one attached hydrogen (secondary N) is 1. The highest BCUT2D eigenvalue weighted by molar-refractivity contribution is 7.89. The van der Waals surface area contributed by atoms with Crippen molar-refractivity contribution in [2.45, 2.75) is 32.2 Å². The van der Waals surface area contributed by atoms with Crippen molar-refractivity contribution in [2.24, 2.45) is 0 Å². The van der Waals surface area contributed by atoms with Gasteiger partial charge in [-0.2, -0.15) is 0 Å². The minimum absolute atomic E-state index is 0.00578. The molecule has 0 aliphatic heterocycles. The van der Waals surface area contributed by atoms with Crippen molar-refractivity contribution in [3.8, 4) is 0 Å². The van der Waals surface area contributed by atoms with Crippen molar-refractivity contribution in [1.29, 1.82) is 0 Å². The fraction of sp³-hybridized carbons (Fsp3) is 0.308. The number of rotatable bonds is 4. The molecule has 7 heteroatoms. The van der Waals surface area contributed by atoms with Crippen LogP contribution in [0, 0.1) is 26.6 Å². The molecule has 0 radical (unpaired) electrons. The highest BCUT2D eigenvalue weighted by atomic mass is 32.2. The third kappa shape index (κ3) is 3.05. The second-order valence-electron chi connectivity index (χ2n) is 4.48. The summed E-state index contributed by atoms with van der Waals surface area (Å²) in [6.07, 6.45) is 0. The molecule has 0 aliphatic rings. The first-order valence-corrected chi connectivity index (χ1v) is 7.46. The summed E-state index contributed by atoms with van der Waals surface area (Å²) in [5.74, 6) is 0.476. The molecular weight excluding hydrogens is 283 g/mol. The van der Waals surface area contributed by atoms with Crippen LogP contribution in [-0.2, 0) is 16.6 Å². The van der Waals surface area contributed by atoms with Crippen molar-refractivity contribution in [3.05, 3.63) is 46.9 Å². The molecule has 0 unspecified atom stereocenters. The summed E-state index contributed by atoms with van der Waals surface area (Å²) < 4.78 is 45.0. The predicted molar refractivity (Wildman–Crippen MR) is 71.1 cm³/mol. The van der Waals surface area contributed by atoms with Gasteiger partial charge in [0.2, 0.25) is 10.0 Å². The van der Waals surface area contributed by atoms with Crippen LogP contribution < -0.4 is 4.72 Å². The summed E-state index contributed by atoms with van der Waals surface area (Å²) in [6.45, 7) is 4.98. The van der Waals surface area contributed by atoms with Gasteiger partial charge in [0.1, 0.15) is 11.6 Å². The Balaban J connectivity index is 2.21. The Hall–Kier alpha value is -1.73. The number of sulfonamides is 1. The Morgan fingerprint density at radius 2 is 2.00 bits per heavy atom. The van der Waals surface area contributed by atoms with Gasteiger partial charge in [-0.05, 0) is 37.6 Å². The lowest BCUT2D eigenvalue weighted by Gasteiger charge is -2.08. The fourth-order valence-corrected chi connectivity index (χ4v) is 3.10. The van der Waals surface area contributed by atoms with E-state index in [0.29, 0.717) is 22.9 Å². The number of nitrogens with zero attached hydrogens (tertiary/aromatic N) is 1. The molecule has 20 heavy (non-hydrogen) atoms. The van der Waals surface area contributed by atoms with E-state index in [2.05, 4.69) is 9.71 Å². The zero-order valence-corrected chi connectivity index (χ0v) is 12.2. The molecule has 0 fully saturated rings. The van der Waals surface area contributed by atoms with E-state index in [0.717, 1.165) is 6.07 Å². The van der Waals surface area contributed by atoms with Crippen LogP contribution in [0.5, 0.6) is 0 Å². The van der Waals surface area contributed by atoms with Gasteiger partial charge in [-0.1, -0.05) is 0 Å². The Kier molecular flexibility index (Phi) is 3.92. The van der Waals surface area contributed by atoms with Crippen LogP contribution in [-0.4, -0.2) is 13.4 Å². The fourth-order valence-electron chi connectivity index (χ4n) is 1.89. The van der Waals surface area contributed by atoms with E-state index < -0.39 is 15.8 Å². The van der Waals surface area contributed by atoms with E-state index in [1.165, 1.54) is 12.1 Å². The topological polar surface area (TPSA) is 72.2 Å². The molecule has 5 nitrogen and oxygen atoms in total. The van der Waals surface area contributed by atoms with E-state index >= 15 is 0 Å². The van der Waals surface area contributed by atoms with Gasteiger partial charge < -0.3 is 4.42 Å². The highest BCUT2D eigenvalue weighted by Crippen LogP contribution is 2.17. The standard InChI is InChI=1S/C13H15FN2O3S/c1-8-6-11(14)4-5-13(8)20(17,18)15-7-12-9(2)16-10(3)19-12/h4-6,15H,7H2,1-3H3. The molecule has 2 aromatic rings. The summed E-state index contributed by atoms with van der Waals surface area (Å²) in [6, 6.07) is 3.54. The van der Waals surface area contributed by atoms with Crippen molar-refractivity contribution in [3.63, 3.8) is 0 Å². The summed E-state index contributed by atoms with van der Waals surface area (Å²) in [4.78, 5) is 4.11. The number of hydrogen-bond acceptors (Lipinski definition) is 4. The van der Waals surface area contributed by atoms with Gasteiger partial charge in [0.05, 0.1) is 17.1 Å². The number of aryl methyl sites for hydroxylation is 3. The molecule has 0 atom stereocenters. The Morgan fingerprint density at radius 3 is 2.55 bits per heavy atom. The maximum Gasteiger partial charge on any atom is 0.241 e. The van der Waals surface area contributed by atoms with E-state index in [1.54, 1.807) is 20.8 Å². The van der Waals surface area contributed by atoms with Gasteiger partial charge in [-0.3, -0.25) is 0 Å². The smallest absolute Gasteiger partial charge is 0.241 e. The number of benzene rings is 1. The van der Waals surface area contributed by atoms with Crippen LogP contribution in [0.3, 0.4) is 0 Å². The molecule has 0 aliphatic carbocycles. The van der Waals surface area contributed by atoms with E-state index in [1.807, 2.05) is 0 Å². The summed E-state index contributed by atoms with van der Waals surface area (Å²) in [5.41, 5.74) is 0.990. The Morgan fingerprint density at radius 1 is 1.30 bits per heavy atom. The molecule has 0 saturated carbocycles. The SMILES string of the molecule is Cc1nc(C)c(CNS(=O)(=O)c2ccc(F)cc2C)o1. The van der Waals surface area contributed by atoms with Gasteiger partial charge in [0.25, 0.3) is 0 Å². The lowest BCUT2D eigenvalue weighted by molar-refractivity contribution is 0.466. The predicted octanol–water partition coefficient (Wildman–Crippen LogP) is 2.22. The Bertz CT molecular complexity index is 738. The van der Waals surface area contributed by atoms with Crippen LogP contribution in [0.1, 0.15) is 22.9 Å². The third-order valence-electron chi connectivity index (χ3n) is 2.85. The molecule has 1 heterocycles. The zero-order chi connectivity index (χ0) is 14.9. The highest BCUT2D eigenvalue weighted by Gasteiger charge is 2.18. The van der Waals surface area contributed by atoms with Crippen LogP contribution in [0.25, 0.3) is 0 Å². The third-order valence-corrected chi connectivity index (χ3v) is 4.41. The first-order chi connectivity index (χ1) is 9.29. The lowest BCUT2D eigenvalue weighted by Crippen LogP contribution is -2.24. The minimum atomic E-state index is -3.72. The first-order valence-electron chi connectivity index (χ1n) is 5.98. The number of aromatic nitrogens is 1. The molecule has 1 aromatic carbocycles. The summed E-state index contributed by atoms with van der Waals surface area (Å²) in [7, 11) is -3.72. The van der Waals surface area contributed by atoms with Crippen LogP contribution in [0.4, 0.5) is 4.39 Å². The maximum atomic E-state index is 13.0. The average Bonchev–Trinajstić information content (AvgIpc) is 2.65. The number of halogens is 1. The van der Waals surface area contributed by atoms with Crippen LogP contribution in [0.15, 0.2) is 27.5 Å². The Labute approximate surface area is 116 Å². The number of oxazole rings is 1. The van der Waals surface area contributed by atoms with Gasteiger partial charge in [0, 0.05) is 6.92 Å². The van der Waals surface area contributed by atoms with Crippen molar-refractivity contribution >= 4 is 10.0 Å². The van der Waals surface area contributed by atoms with Crippen molar-refractivity contribution < 1.29 is 17.2 Å². The molecule has 2 rings (SSSR count). The second-order valence-corrected chi connectivity index (χ2v) is 6.21. The van der Waals surface area contributed by atoms with Crippen LogP contribution >= 0.6 is 0 Å². The monoisotopic (exact) mass is 298 g/mol. The van der Waals surface area contributed by atoms with Gasteiger partial charge in [-0.15, -0.1) is 0 Å². The lowest BCUT2D eigenvalue weighted by atomic mass is 10.2. The zero-order valence-electron chi connectivity index (χ0n) is 11.4. The maximum absolute atomic E-state index is 13.0. The summed E-state index contributed by atoms with van der Waals surface area (Å²) >= 11 is 0. The first kappa shape index (κ1) is 14.7. The largest absolute Gasteiger partial charge is 0.444 e. The molecule has 1 aromatic heterocycles.